The van der Waals surface area contributed by atoms with Crippen LogP contribution in [0.1, 0.15) is 55.2 Å². The number of alkyl halides is 4. The Morgan fingerprint density at radius 1 is 1.24 bits per heavy atom. The van der Waals surface area contributed by atoms with Crippen LogP contribution >= 0.6 is 0 Å². The number of hydrogen-bond acceptors (Lipinski definition) is 4. The lowest BCUT2D eigenvalue weighted by Gasteiger charge is -2.16. The van der Waals surface area contributed by atoms with Crippen LogP contribution in [0.4, 0.5) is 29.1 Å². The first-order chi connectivity index (χ1) is 15.5. The first-order valence-corrected chi connectivity index (χ1v) is 11.0. The average molecular weight is 471 g/mol. The highest BCUT2D eigenvalue weighted by molar-refractivity contribution is 6.07. The van der Waals surface area contributed by atoms with Crippen molar-refractivity contribution in [2.75, 3.05) is 30.5 Å². The van der Waals surface area contributed by atoms with Crippen molar-refractivity contribution < 1.29 is 27.1 Å². The second kappa shape index (κ2) is 10.1. The van der Waals surface area contributed by atoms with Gasteiger partial charge in [0, 0.05) is 24.9 Å². The van der Waals surface area contributed by atoms with Gasteiger partial charge in [-0.2, -0.15) is 18.3 Å². The van der Waals surface area contributed by atoms with E-state index in [-0.39, 0.29) is 29.3 Å². The molecule has 2 heterocycles. The highest BCUT2D eigenvalue weighted by Gasteiger charge is 2.32. The second-order valence-corrected chi connectivity index (χ2v) is 9.40. The number of halogens is 4. The standard InChI is InChI=1S/C23H30F4N4O2/c1-22(2,3)13-16-12-20(31(30-16)14-17-5-4-10-33-17)29-21(32)18-11-15(23(25,26)27)6-7-19(18)28-9-8-24/h6-7,11-12,17,28H,4-5,8-10,13-14H2,1-3H3,(H,29,32)/t17-/m1/s1. The molecule has 3 rings (SSSR count). The number of carbonyl (C=O) groups is 1. The van der Waals surface area contributed by atoms with Gasteiger partial charge in [-0.15, -0.1) is 0 Å². The molecule has 1 aromatic heterocycles. The summed E-state index contributed by atoms with van der Waals surface area (Å²) in [5.41, 5.74) is -0.344. The van der Waals surface area contributed by atoms with Crippen LogP contribution in [0.15, 0.2) is 24.3 Å². The van der Waals surface area contributed by atoms with Gasteiger partial charge < -0.3 is 15.4 Å². The Morgan fingerprint density at radius 3 is 2.61 bits per heavy atom. The van der Waals surface area contributed by atoms with Crippen molar-refractivity contribution in [2.24, 2.45) is 5.41 Å². The van der Waals surface area contributed by atoms with E-state index in [0.717, 1.165) is 36.7 Å². The van der Waals surface area contributed by atoms with Gasteiger partial charge in [-0.1, -0.05) is 20.8 Å². The third-order valence-electron chi connectivity index (χ3n) is 5.19. The Hall–Kier alpha value is -2.62. The van der Waals surface area contributed by atoms with Crippen LogP contribution in [0.3, 0.4) is 0 Å². The summed E-state index contributed by atoms with van der Waals surface area (Å²) < 4.78 is 59.7. The van der Waals surface area contributed by atoms with Crippen molar-refractivity contribution in [3.05, 3.63) is 41.1 Å². The molecule has 10 heteroatoms. The highest BCUT2D eigenvalue weighted by Crippen LogP contribution is 2.32. The fourth-order valence-corrected chi connectivity index (χ4v) is 3.75. The molecule has 1 atom stereocenters. The molecule has 0 radical (unpaired) electrons. The number of ether oxygens (including phenoxy) is 1. The number of carbonyl (C=O) groups excluding carboxylic acids is 1. The lowest BCUT2D eigenvalue weighted by molar-refractivity contribution is -0.137. The molecule has 182 valence electrons. The fraction of sp³-hybridized carbons (Fsp3) is 0.565. The number of anilines is 2. The number of amides is 1. The highest BCUT2D eigenvalue weighted by atomic mass is 19.4. The molecule has 33 heavy (non-hydrogen) atoms. The Bertz CT molecular complexity index is 960. The Kier molecular flexibility index (Phi) is 7.66. The predicted molar refractivity (Wildman–Crippen MR) is 118 cm³/mol. The number of aromatic nitrogens is 2. The van der Waals surface area contributed by atoms with E-state index >= 15 is 0 Å². The van der Waals surface area contributed by atoms with Gasteiger partial charge in [0.2, 0.25) is 0 Å². The van der Waals surface area contributed by atoms with Crippen molar-refractivity contribution in [3.8, 4) is 0 Å². The zero-order valence-electron chi connectivity index (χ0n) is 19.1. The van der Waals surface area contributed by atoms with Crippen molar-refractivity contribution in [2.45, 2.75) is 58.9 Å². The molecule has 2 N–H and O–H groups in total. The SMILES string of the molecule is CC(C)(C)Cc1cc(NC(=O)c2cc(C(F)(F)F)ccc2NCCF)n(C[C@H]2CCCO2)n1. The molecule has 6 nitrogen and oxygen atoms in total. The number of rotatable bonds is 8. The third kappa shape index (κ3) is 6.93. The van der Waals surface area contributed by atoms with Gasteiger partial charge in [-0.05, 0) is 42.9 Å². The van der Waals surface area contributed by atoms with Crippen molar-refractivity contribution >= 4 is 17.4 Å². The van der Waals surface area contributed by atoms with Gasteiger partial charge in [0.05, 0.1) is 29.5 Å². The maximum absolute atomic E-state index is 13.3. The molecule has 0 bridgehead atoms. The minimum absolute atomic E-state index is 0.0432. The fourth-order valence-electron chi connectivity index (χ4n) is 3.75. The molecule has 1 saturated heterocycles. The lowest BCUT2D eigenvalue weighted by Crippen LogP contribution is -2.22. The van der Waals surface area contributed by atoms with Crippen LogP contribution in [0.25, 0.3) is 0 Å². The number of hydrogen-bond donors (Lipinski definition) is 2. The van der Waals surface area contributed by atoms with Crippen LogP contribution in [0, 0.1) is 5.41 Å². The zero-order valence-corrected chi connectivity index (χ0v) is 19.1. The van der Waals surface area contributed by atoms with Crippen LogP contribution < -0.4 is 10.6 Å². The normalized spacial score (nSPS) is 16.8. The van der Waals surface area contributed by atoms with E-state index in [4.69, 9.17) is 4.74 Å². The van der Waals surface area contributed by atoms with E-state index < -0.39 is 24.3 Å². The van der Waals surface area contributed by atoms with E-state index in [1.54, 1.807) is 10.7 Å². The lowest BCUT2D eigenvalue weighted by atomic mass is 9.91. The molecule has 1 fully saturated rings. The molecule has 1 amide bonds. The molecular formula is C23H30F4N4O2. The van der Waals surface area contributed by atoms with E-state index in [2.05, 4.69) is 36.5 Å². The summed E-state index contributed by atoms with van der Waals surface area (Å²) in [6.45, 7) is 6.43. The van der Waals surface area contributed by atoms with Crippen molar-refractivity contribution in [1.29, 1.82) is 0 Å². The second-order valence-electron chi connectivity index (χ2n) is 9.40. The molecular weight excluding hydrogens is 440 g/mol. The monoisotopic (exact) mass is 470 g/mol. The average Bonchev–Trinajstić information content (AvgIpc) is 3.34. The summed E-state index contributed by atoms with van der Waals surface area (Å²) in [6.07, 6.45) is -2.20. The van der Waals surface area contributed by atoms with Crippen LogP contribution in [-0.2, 0) is 23.9 Å². The number of nitrogens with one attached hydrogen (secondary N) is 2. The Morgan fingerprint density at radius 2 is 2.00 bits per heavy atom. The smallest absolute Gasteiger partial charge is 0.382 e. The first kappa shape index (κ1) is 25.0. The minimum Gasteiger partial charge on any atom is -0.382 e. The Balaban J connectivity index is 1.91. The summed E-state index contributed by atoms with van der Waals surface area (Å²) in [6, 6.07) is 4.51. The maximum atomic E-state index is 13.3. The first-order valence-electron chi connectivity index (χ1n) is 11.0. The molecule has 1 aromatic carbocycles. The summed E-state index contributed by atoms with van der Waals surface area (Å²) in [4.78, 5) is 13.1. The molecule has 0 aliphatic carbocycles. The van der Waals surface area contributed by atoms with E-state index in [1.807, 2.05) is 0 Å². The van der Waals surface area contributed by atoms with E-state index in [1.165, 1.54) is 0 Å². The number of benzene rings is 1. The van der Waals surface area contributed by atoms with Gasteiger partial charge in [-0.25, -0.2) is 9.07 Å². The maximum Gasteiger partial charge on any atom is 0.416 e. The summed E-state index contributed by atoms with van der Waals surface area (Å²) >= 11 is 0. The van der Waals surface area contributed by atoms with Crippen LogP contribution in [0.5, 0.6) is 0 Å². The van der Waals surface area contributed by atoms with Crippen molar-refractivity contribution in [3.63, 3.8) is 0 Å². The van der Waals surface area contributed by atoms with Gasteiger partial charge in [-0.3, -0.25) is 4.79 Å². The third-order valence-corrected chi connectivity index (χ3v) is 5.19. The quantitative estimate of drug-likeness (QED) is 0.514. The summed E-state index contributed by atoms with van der Waals surface area (Å²) in [5.74, 6) is -0.359. The van der Waals surface area contributed by atoms with Gasteiger partial charge in [0.15, 0.2) is 0 Å². The zero-order chi connectivity index (χ0) is 24.2. The Labute approximate surface area is 190 Å². The minimum atomic E-state index is -4.62. The summed E-state index contributed by atoms with van der Waals surface area (Å²) in [5, 5.41) is 9.99. The van der Waals surface area contributed by atoms with E-state index in [9.17, 15) is 22.4 Å². The topological polar surface area (TPSA) is 68.2 Å². The van der Waals surface area contributed by atoms with Gasteiger partial charge in [0.25, 0.3) is 5.91 Å². The molecule has 0 spiro atoms. The van der Waals surface area contributed by atoms with Gasteiger partial charge in [0.1, 0.15) is 12.5 Å². The molecule has 1 aliphatic rings. The predicted octanol–water partition coefficient (Wildman–Crippen LogP) is 5.30. The van der Waals surface area contributed by atoms with Crippen LogP contribution in [0.2, 0.25) is 0 Å². The molecule has 0 saturated carbocycles. The molecule has 1 aliphatic heterocycles. The van der Waals surface area contributed by atoms with Gasteiger partial charge >= 0.3 is 6.18 Å². The van der Waals surface area contributed by atoms with Crippen LogP contribution in [-0.4, -0.2) is 41.6 Å². The largest absolute Gasteiger partial charge is 0.416 e. The van der Waals surface area contributed by atoms with Crippen molar-refractivity contribution in [1.82, 2.24) is 9.78 Å². The number of nitrogens with zero attached hydrogens (tertiary/aromatic N) is 2. The molecule has 0 unspecified atom stereocenters. The summed E-state index contributed by atoms with van der Waals surface area (Å²) in [7, 11) is 0. The molecule has 2 aromatic rings. The van der Waals surface area contributed by atoms with E-state index in [0.29, 0.717) is 25.4 Å².